The van der Waals surface area contributed by atoms with Crippen LogP contribution >= 0.6 is 0 Å². The normalized spacial score (nSPS) is 20.9. The number of anilines is 1. The van der Waals surface area contributed by atoms with Gasteiger partial charge in [-0.1, -0.05) is 0 Å². The Morgan fingerprint density at radius 2 is 2.35 bits per heavy atom. The third-order valence-electron chi connectivity index (χ3n) is 4.18. The first-order valence-corrected chi connectivity index (χ1v) is 7.89. The van der Waals surface area contributed by atoms with Crippen LogP contribution in [0.5, 0.6) is 0 Å². The summed E-state index contributed by atoms with van der Waals surface area (Å²) < 4.78 is 7.78. The lowest BCUT2D eigenvalue weighted by Gasteiger charge is -2.31. The van der Waals surface area contributed by atoms with E-state index < -0.39 is 0 Å². The lowest BCUT2D eigenvalue weighted by molar-refractivity contribution is -0.0239. The first kappa shape index (κ1) is 15.5. The molecule has 23 heavy (non-hydrogen) atoms. The number of pyridine rings is 1. The van der Waals surface area contributed by atoms with Gasteiger partial charge in [0.05, 0.1) is 17.9 Å². The molecule has 0 aromatic carbocycles. The van der Waals surface area contributed by atoms with Crippen molar-refractivity contribution in [2.45, 2.75) is 25.9 Å². The highest BCUT2D eigenvalue weighted by Gasteiger charge is 2.28. The van der Waals surface area contributed by atoms with Crippen LogP contribution in [0.3, 0.4) is 0 Å². The molecule has 1 fully saturated rings. The van der Waals surface area contributed by atoms with Crippen molar-refractivity contribution in [3.63, 3.8) is 0 Å². The van der Waals surface area contributed by atoms with Gasteiger partial charge in [0.1, 0.15) is 11.9 Å². The van der Waals surface area contributed by atoms with Gasteiger partial charge < -0.3 is 10.1 Å². The molecule has 2 aromatic rings. The fraction of sp³-hybridized carbons (Fsp3) is 0.471. The molecular weight excluding hydrogens is 290 g/mol. The Balaban J connectivity index is 1.73. The van der Waals surface area contributed by atoms with E-state index in [0.29, 0.717) is 17.3 Å². The molecule has 1 aliphatic heterocycles. The van der Waals surface area contributed by atoms with E-state index in [1.807, 2.05) is 32.4 Å². The number of nitriles is 1. The Morgan fingerprint density at radius 1 is 1.48 bits per heavy atom. The highest BCUT2D eigenvalue weighted by Crippen LogP contribution is 2.33. The van der Waals surface area contributed by atoms with Gasteiger partial charge in [-0.2, -0.15) is 10.4 Å². The van der Waals surface area contributed by atoms with E-state index in [9.17, 15) is 5.26 Å². The quantitative estimate of drug-likeness (QED) is 0.939. The predicted octanol–water partition coefficient (Wildman–Crippen LogP) is 2.58. The molecule has 0 bridgehead atoms. The predicted molar refractivity (Wildman–Crippen MR) is 86.8 cm³/mol. The van der Waals surface area contributed by atoms with Gasteiger partial charge in [-0.15, -0.1) is 0 Å². The van der Waals surface area contributed by atoms with Crippen LogP contribution in [-0.2, 0) is 11.8 Å². The van der Waals surface area contributed by atoms with E-state index >= 15 is 0 Å². The maximum absolute atomic E-state index is 9.21. The van der Waals surface area contributed by atoms with Crippen LogP contribution in [0.15, 0.2) is 24.5 Å². The lowest BCUT2D eigenvalue weighted by Crippen LogP contribution is -2.28. The van der Waals surface area contributed by atoms with E-state index in [-0.39, 0.29) is 6.10 Å². The van der Waals surface area contributed by atoms with Crippen LogP contribution in [0.2, 0.25) is 0 Å². The van der Waals surface area contributed by atoms with Crippen LogP contribution in [0, 0.1) is 24.2 Å². The van der Waals surface area contributed by atoms with E-state index in [2.05, 4.69) is 21.5 Å². The number of hydrogen-bond donors (Lipinski definition) is 1. The molecule has 6 nitrogen and oxygen atoms in total. The summed E-state index contributed by atoms with van der Waals surface area (Å²) in [7, 11) is 1.91. The van der Waals surface area contributed by atoms with Gasteiger partial charge in [0.15, 0.2) is 0 Å². The molecule has 3 rings (SSSR count). The van der Waals surface area contributed by atoms with Crippen molar-refractivity contribution in [2.75, 3.05) is 18.5 Å². The van der Waals surface area contributed by atoms with Gasteiger partial charge in [0.2, 0.25) is 0 Å². The third-order valence-corrected chi connectivity index (χ3v) is 4.18. The van der Waals surface area contributed by atoms with Gasteiger partial charge in [0, 0.05) is 43.6 Å². The molecule has 0 radical (unpaired) electrons. The molecule has 0 spiro atoms. The highest BCUT2D eigenvalue weighted by molar-refractivity contribution is 5.52. The smallest absolute Gasteiger partial charge is 0.144 e. The minimum atomic E-state index is 0.0419. The van der Waals surface area contributed by atoms with Crippen molar-refractivity contribution in [1.29, 1.82) is 5.26 Å². The summed E-state index contributed by atoms with van der Waals surface area (Å²) in [6.45, 7) is 3.43. The van der Waals surface area contributed by atoms with Crippen LogP contribution in [0.25, 0.3) is 0 Å². The summed E-state index contributed by atoms with van der Waals surface area (Å²) in [5, 5.41) is 16.8. The average molecular weight is 311 g/mol. The summed E-state index contributed by atoms with van der Waals surface area (Å²) in [6, 6.07) is 5.85. The summed E-state index contributed by atoms with van der Waals surface area (Å²) in [5.41, 5.74) is 2.58. The number of aryl methyl sites for hydroxylation is 2. The fourth-order valence-corrected chi connectivity index (χ4v) is 3.02. The highest BCUT2D eigenvalue weighted by atomic mass is 16.5. The minimum absolute atomic E-state index is 0.0419. The molecule has 3 heterocycles. The number of nitrogens with zero attached hydrogens (tertiary/aromatic N) is 4. The van der Waals surface area contributed by atoms with Gasteiger partial charge >= 0.3 is 0 Å². The molecular formula is C17H21N5O. The lowest BCUT2D eigenvalue weighted by atomic mass is 9.91. The zero-order valence-electron chi connectivity index (χ0n) is 13.5. The maximum atomic E-state index is 9.21. The van der Waals surface area contributed by atoms with Crippen molar-refractivity contribution in [2.24, 2.45) is 13.0 Å². The second kappa shape index (κ2) is 6.80. The number of ether oxygens (including phenoxy) is 1. The largest absolute Gasteiger partial charge is 0.373 e. The van der Waals surface area contributed by atoms with E-state index in [1.165, 1.54) is 0 Å². The molecule has 120 valence electrons. The molecule has 0 unspecified atom stereocenters. The molecule has 6 heteroatoms. The summed E-state index contributed by atoms with van der Waals surface area (Å²) in [5.74, 6) is 0.991. The van der Waals surface area contributed by atoms with Crippen molar-refractivity contribution < 1.29 is 4.74 Å². The first-order valence-electron chi connectivity index (χ1n) is 7.89. The SMILES string of the molecule is Cc1ccc(C#N)c(NC[C@@H]2CCCO[C@H]2c2cnn(C)c2)n1. The zero-order valence-corrected chi connectivity index (χ0v) is 13.5. The van der Waals surface area contributed by atoms with Crippen molar-refractivity contribution in [3.8, 4) is 6.07 Å². The summed E-state index contributed by atoms with van der Waals surface area (Å²) in [6.07, 6.45) is 6.05. The standard InChI is InChI=1S/C17H21N5O/c1-12-5-6-13(8-18)17(21-12)19-9-14-4-3-7-23-16(14)15-10-20-22(2)11-15/h5-6,10-11,14,16H,3-4,7,9H2,1-2H3,(H,19,21)/t14-,16+/m0/s1. The Kier molecular flexibility index (Phi) is 4.58. The molecule has 0 aliphatic carbocycles. The van der Waals surface area contributed by atoms with E-state index in [1.54, 1.807) is 10.7 Å². The topological polar surface area (TPSA) is 75.8 Å². The van der Waals surface area contributed by atoms with Gasteiger partial charge in [-0.05, 0) is 31.9 Å². The average Bonchev–Trinajstić information content (AvgIpc) is 2.99. The number of aromatic nitrogens is 3. The van der Waals surface area contributed by atoms with Crippen LogP contribution in [0.4, 0.5) is 5.82 Å². The maximum Gasteiger partial charge on any atom is 0.144 e. The molecule has 0 saturated carbocycles. The number of nitrogens with one attached hydrogen (secondary N) is 1. The molecule has 2 aromatic heterocycles. The Labute approximate surface area is 136 Å². The number of rotatable bonds is 4. The molecule has 2 atom stereocenters. The molecule has 1 aliphatic rings. The monoisotopic (exact) mass is 311 g/mol. The summed E-state index contributed by atoms with van der Waals surface area (Å²) >= 11 is 0. The Hall–Kier alpha value is -2.39. The second-order valence-corrected chi connectivity index (χ2v) is 5.98. The number of hydrogen-bond acceptors (Lipinski definition) is 5. The second-order valence-electron chi connectivity index (χ2n) is 5.98. The van der Waals surface area contributed by atoms with Crippen molar-refractivity contribution in [3.05, 3.63) is 41.3 Å². The van der Waals surface area contributed by atoms with Crippen molar-refractivity contribution in [1.82, 2.24) is 14.8 Å². The van der Waals surface area contributed by atoms with Crippen LogP contribution in [0.1, 0.15) is 35.8 Å². The zero-order chi connectivity index (χ0) is 16.2. The Morgan fingerprint density at radius 3 is 3.09 bits per heavy atom. The first-order chi connectivity index (χ1) is 11.2. The molecule has 1 saturated heterocycles. The van der Waals surface area contributed by atoms with Gasteiger partial charge in [-0.25, -0.2) is 4.98 Å². The Bertz CT molecular complexity index is 718. The van der Waals surface area contributed by atoms with Gasteiger partial charge in [0.25, 0.3) is 0 Å². The molecule has 0 amide bonds. The van der Waals surface area contributed by atoms with Crippen LogP contribution < -0.4 is 5.32 Å². The van der Waals surface area contributed by atoms with Crippen molar-refractivity contribution >= 4 is 5.82 Å². The fourth-order valence-electron chi connectivity index (χ4n) is 3.02. The third kappa shape index (κ3) is 3.51. The van der Waals surface area contributed by atoms with Crippen LogP contribution in [-0.4, -0.2) is 27.9 Å². The van der Waals surface area contributed by atoms with E-state index in [0.717, 1.165) is 37.3 Å². The van der Waals surface area contributed by atoms with Gasteiger partial charge in [-0.3, -0.25) is 4.68 Å². The summed E-state index contributed by atoms with van der Waals surface area (Å²) in [4.78, 5) is 4.44. The molecule has 1 N–H and O–H groups in total. The van der Waals surface area contributed by atoms with E-state index in [4.69, 9.17) is 4.74 Å². The minimum Gasteiger partial charge on any atom is -0.373 e.